The molecule has 1 heterocycles. The predicted octanol–water partition coefficient (Wildman–Crippen LogP) is 4.36. The molecule has 142 valence electrons. The number of nitrogens with zero attached hydrogens (tertiary/aromatic N) is 1. The Morgan fingerprint density at radius 2 is 1.88 bits per heavy atom. The molecule has 0 spiro atoms. The van der Waals surface area contributed by atoms with Gasteiger partial charge in [-0.1, -0.05) is 20.8 Å². The van der Waals surface area contributed by atoms with Crippen LogP contribution in [0.2, 0.25) is 0 Å². The standard InChI is InChI=1S/C22H37NO2/c1-14-12-17-15-6-7-19-22(3,11-9-20(24)23(19)4)16(15)8-10-21(17,2)18(14)13-25-5/h14-19H,6-13H2,1-5H3/t14?,15-,16+,17+,18?,19-,21+,22-/m1/s1. The molecule has 3 nitrogen and oxygen atoms in total. The van der Waals surface area contributed by atoms with Crippen LogP contribution in [0.15, 0.2) is 0 Å². The van der Waals surface area contributed by atoms with Crippen molar-refractivity contribution < 1.29 is 9.53 Å². The quantitative estimate of drug-likeness (QED) is 0.743. The van der Waals surface area contributed by atoms with Gasteiger partial charge < -0.3 is 9.64 Å². The van der Waals surface area contributed by atoms with Gasteiger partial charge in [-0.2, -0.15) is 0 Å². The van der Waals surface area contributed by atoms with Crippen molar-refractivity contribution in [2.45, 2.75) is 71.8 Å². The molecule has 3 aliphatic carbocycles. The van der Waals surface area contributed by atoms with Crippen LogP contribution in [0.1, 0.15) is 65.7 Å². The molecule has 25 heavy (non-hydrogen) atoms. The van der Waals surface area contributed by atoms with E-state index in [2.05, 4.69) is 32.7 Å². The summed E-state index contributed by atoms with van der Waals surface area (Å²) in [5, 5.41) is 0. The van der Waals surface area contributed by atoms with Crippen molar-refractivity contribution in [3.63, 3.8) is 0 Å². The van der Waals surface area contributed by atoms with E-state index in [0.29, 0.717) is 22.8 Å². The third-order valence-electron chi connectivity index (χ3n) is 9.50. The number of likely N-dealkylation sites (tertiary alicyclic amines) is 1. The molecule has 4 fully saturated rings. The van der Waals surface area contributed by atoms with Crippen LogP contribution >= 0.6 is 0 Å². The third-order valence-corrected chi connectivity index (χ3v) is 9.50. The van der Waals surface area contributed by atoms with Crippen LogP contribution in [0.5, 0.6) is 0 Å². The van der Waals surface area contributed by atoms with Crippen LogP contribution in [-0.2, 0) is 9.53 Å². The maximum Gasteiger partial charge on any atom is 0.222 e. The largest absolute Gasteiger partial charge is 0.384 e. The first-order chi connectivity index (χ1) is 11.8. The molecule has 0 aromatic rings. The molecular formula is C22H37NO2. The van der Waals surface area contributed by atoms with Crippen molar-refractivity contribution >= 4 is 5.91 Å². The molecule has 0 aromatic heterocycles. The number of fused-ring (bicyclic) bond motifs is 5. The van der Waals surface area contributed by atoms with E-state index in [0.717, 1.165) is 49.0 Å². The number of rotatable bonds is 2. The molecule has 3 saturated carbocycles. The fourth-order valence-corrected chi connectivity index (χ4v) is 8.15. The average molecular weight is 348 g/mol. The highest BCUT2D eigenvalue weighted by Gasteiger charge is 2.62. The Bertz CT molecular complexity index is 548. The van der Waals surface area contributed by atoms with Crippen LogP contribution in [-0.4, -0.2) is 37.6 Å². The Kier molecular flexibility index (Phi) is 4.26. The van der Waals surface area contributed by atoms with Gasteiger partial charge in [0.05, 0.1) is 0 Å². The van der Waals surface area contributed by atoms with Gasteiger partial charge in [0.1, 0.15) is 0 Å². The lowest BCUT2D eigenvalue weighted by Crippen LogP contribution is -2.61. The van der Waals surface area contributed by atoms with Gasteiger partial charge in [-0.3, -0.25) is 4.79 Å². The second-order valence-electron chi connectivity index (χ2n) is 10.3. The second-order valence-corrected chi connectivity index (χ2v) is 10.3. The van der Waals surface area contributed by atoms with Gasteiger partial charge in [0.25, 0.3) is 0 Å². The number of carbonyl (C=O) groups is 1. The molecule has 0 aromatic carbocycles. The maximum absolute atomic E-state index is 12.3. The number of hydrogen-bond donors (Lipinski definition) is 0. The second kappa shape index (κ2) is 5.97. The maximum atomic E-state index is 12.3. The van der Waals surface area contributed by atoms with E-state index in [1.54, 1.807) is 0 Å². The lowest BCUT2D eigenvalue weighted by molar-refractivity contribution is -0.158. The summed E-state index contributed by atoms with van der Waals surface area (Å²) in [6.45, 7) is 8.49. The Hall–Kier alpha value is -0.570. The summed E-state index contributed by atoms with van der Waals surface area (Å²) in [7, 11) is 3.93. The zero-order valence-electron chi connectivity index (χ0n) is 16.9. The monoisotopic (exact) mass is 347 g/mol. The van der Waals surface area contributed by atoms with Crippen molar-refractivity contribution in [3.8, 4) is 0 Å². The highest BCUT2D eigenvalue weighted by molar-refractivity contribution is 5.77. The number of piperidine rings is 1. The van der Waals surface area contributed by atoms with Crippen LogP contribution in [0.25, 0.3) is 0 Å². The van der Waals surface area contributed by atoms with Crippen LogP contribution in [0.3, 0.4) is 0 Å². The minimum absolute atomic E-state index is 0.343. The van der Waals surface area contributed by atoms with Gasteiger partial charge in [-0.05, 0) is 78.9 Å². The zero-order chi connectivity index (χ0) is 18.0. The number of amides is 1. The minimum Gasteiger partial charge on any atom is -0.384 e. The molecule has 0 radical (unpaired) electrons. The molecule has 2 unspecified atom stereocenters. The Morgan fingerprint density at radius 1 is 1.12 bits per heavy atom. The van der Waals surface area contributed by atoms with Gasteiger partial charge in [0, 0.05) is 33.2 Å². The summed E-state index contributed by atoms with van der Waals surface area (Å²) in [5.41, 5.74) is 0.811. The summed E-state index contributed by atoms with van der Waals surface area (Å²) in [5.74, 6) is 4.43. The summed E-state index contributed by atoms with van der Waals surface area (Å²) >= 11 is 0. The number of carbonyl (C=O) groups excluding carboxylic acids is 1. The van der Waals surface area contributed by atoms with Crippen LogP contribution in [0.4, 0.5) is 0 Å². The summed E-state index contributed by atoms with van der Waals surface area (Å²) in [6.07, 6.45) is 8.53. The average Bonchev–Trinajstić information content (AvgIpc) is 2.83. The SMILES string of the molecule is COCC1C(C)C[C@H]2[C@@H]3CC[C@H]4N(C)C(=O)CC[C@]4(C)[C@H]3CC[C@]12C. The third kappa shape index (κ3) is 2.37. The van der Waals surface area contributed by atoms with Crippen molar-refractivity contribution in [2.24, 2.45) is 40.4 Å². The van der Waals surface area contributed by atoms with E-state index in [-0.39, 0.29) is 0 Å². The fourth-order valence-electron chi connectivity index (χ4n) is 8.15. The van der Waals surface area contributed by atoms with Gasteiger partial charge in [-0.15, -0.1) is 0 Å². The first-order valence-electron chi connectivity index (χ1n) is 10.6. The van der Waals surface area contributed by atoms with E-state index >= 15 is 0 Å². The smallest absolute Gasteiger partial charge is 0.222 e. The first-order valence-corrected chi connectivity index (χ1v) is 10.6. The van der Waals surface area contributed by atoms with Gasteiger partial charge in [0.15, 0.2) is 0 Å². The molecule has 1 saturated heterocycles. The Morgan fingerprint density at radius 3 is 2.60 bits per heavy atom. The lowest BCUT2D eigenvalue weighted by Gasteiger charge is -2.61. The van der Waals surface area contributed by atoms with Gasteiger partial charge >= 0.3 is 0 Å². The molecule has 3 heteroatoms. The van der Waals surface area contributed by atoms with Gasteiger partial charge in [0.2, 0.25) is 5.91 Å². The number of methoxy groups -OCH3 is 1. The highest BCUT2D eigenvalue weighted by Crippen LogP contribution is 2.67. The number of hydrogen-bond acceptors (Lipinski definition) is 2. The van der Waals surface area contributed by atoms with Gasteiger partial charge in [-0.25, -0.2) is 0 Å². The Balaban J connectivity index is 1.63. The molecule has 0 bridgehead atoms. The van der Waals surface area contributed by atoms with Crippen molar-refractivity contribution in [3.05, 3.63) is 0 Å². The summed E-state index contributed by atoms with van der Waals surface area (Å²) in [4.78, 5) is 14.4. The fraction of sp³-hybridized carbons (Fsp3) is 0.955. The first kappa shape index (κ1) is 17.8. The molecule has 8 atom stereocenters. The molecular weight excluding hydrogens is 310 g/mol. The molecule has 1 aliphatic heterocycles. The zero-order valence-corrected chi connectivity index (χ0v) is 16.9. The van der Waals surface area contributed by atoms with Crippen molar-refractivity contribution in [1.82, 2.24) is 4.90 Å². The summed E-state index contributed by atoms with van der Waals surface area (Å²) < 4.78 is 5.63. The number of ether oxygens (including phenoxy) is 1. The molecule has 4 rings (SSSR count). The predicted molar refractivity (Wildman–Crippen MR) is 100 cm³/mol. The van der Waals surface area contributed by atoms with Crippen molar-refractivity contribution in [1.29, 1.82) is 0 Å². The topological polar surface area (TPSA) is 29.5 Å². The van der Waals surface area contributed by atoms with E-state index in [1.165, 1.54) is 32.1 Å². The van der Waals surface area contributed by atoms with Crippen LogP contribution < -0.4 is 0 Å². The molecule has 1 amide bonds. The minimum atomic E-state index is 0.343. The molecule has 4 aliphatic rings. The lowest BCUT2D eigenvalue weighted by atomic mass is 9.47. The van der Waals surface area contributed by atoms with Crippen LogP contribution in [0, 0.1) is 40.4 Å². The van der Waals surface area contributed by atoms with E-state index < -0.39 is 0 Å². The van der Waals surface area contributed by atoms with E-state index in [4.69, 9.17) is 4.74 Å². The van der Waals surface area contributed by atoms with Crippen molar-refractivity contribution in [2.75, 3.05) is 20.8 Å². The highest BCUT2D eigenvalue weighted by atomic mass is 16.5. The van der Waals surface area contributed by atoms with E-state index in [9.17, 15) is 4.79 Å². The normalized spacial score (nSPS) is 52.5. The summed E-state index contributed by atoms with van der Waals surface area (Å²) in [6, 6.07) is 0.480. The Labute approximate surface area is 153 Å². The van der Waals surface area contributed by atoms with E-state index in [1.807, 2.05) is 7.11 Å². The molecule has 0 N–H and O–H groups in total.